The number of nitro benzene ring substituents is 1. The van der Waals surface area contributed by atoms with Gasteiger partial charge in [-0.25, -0.2) is 0 Å². The molecule has 0 bridgehead atoms. The minimum absolute atomic E-state index is 0.00315. The number of methoxy groups -OCH3 is 1. The second-order valence-electron chi connectivity index (χ2n) is 4.89. The van der Waals surface area contributed by atoms with Crippen LogP contribution in [0.4, 0.5) is 5.69 Å². The van der Waals surface area contributed by atoms with Gasteiger partial charge in [-0.1, -0.05) is 15.9 Å². The first kappa shape index (κ1) is 15.9. The van der Waals surface area contributed by atoms with Crippen LogP contribution in [-0.4, -0.2) is 46.7 Å². The first-order valence-electron chi connectivity index (χ1n) is 6.35. The summed E-state index contributed by atoms with van der Waals surface area (Å²) in [4.78, 5) is 23.8. The second-order valence-corrected chi connectivity index (χ2v) is 5.75. The zero-order valence-electron chi connectivity index (χ0n) is 11.4. The van der Waals surface area contributed by atoms with Crippen LogP contribution in [-0.2, 0) is 16.1 Å². The first-order chi connectivity index (χ1) is 9.92. The van der Waals surface area contributed by atoms with Crippen LogP contribution < -0.4 is 0 Å². The van der Waals surface area contributed by atoms with Gasteiger partial charge in [-0.3, -0.25) is 19.8 Å². The number of esters is 1. The third kappa shape index (κ3) is 3.58. The number of hydrogen-bond acceptors (Lipinski definition) is 6. The number of hydrogen-bond donors (Lipinski definition) is 1. The topological polar surface area (TPSA) is 92.9 Å². The van der Waals surface area contributed by atoms with E-state index in [0.29, 0.717) is 24.0 Å². The van der Waals surface area contributed by atoms with Crippen molar-refractivity contribution in [2.75, 3.05) is 13.7 Å². The Bertz CT molecular complexity index is 565. The van der Waals surface area contributed by atoms with Crippen molar-refractivity contribution in [3.05, 3.63) is 38.3 Å². The highest BCUT2D eigenvalue weighted by Gasteiger charge is 2.36. The Kier molecular flexibility index (Phi) is 4.92. The van der Waals surface area contributed by atoms with Gasteiger partial charge in [-0.15, -0.1) is 0 Å². The summed E-state index contributed by atoms with van der Waals surface area (Å²) in [5.41, 5.74) is 0.806. The summed E-state index contributed by atoms with van der Waals surface area (Å²) in [5, 5.41) is 20.4. The van der Waals surface area contributed by atoms with E-state index in [0.717, 1.165) is 5.56 Å². The number of nitrogens with zero attached hydrogens (tertiary/aromatic N) is 2. The summed E-state index contributed by atoms with van der Waals surface area (Å²) in [6.07, 6.45) is -0.247. The number of non-ortho nitro benzene ring substituents is 1. The van der Waals surface area contributed by atoms with Crippen LogP contribution >= 0.6 is 15.9 Å². The van der Waals surface area contributed by atoms with Crippen molar-refractivity contribution < 1.29 is 19.6 Å². The van der Waals surface area contributed by atoms with Crippen LogP contribution in [0.2, 0.25) is 0 Å². The highest BCUT2D eigenvalue weighted by Crippen LogP contribution is 2.27. The lowest BCUT2D eigenvalue weighted by atomic mass is 10.1. The maximum atomic E-state index is 11.7. The molecule has 1 heterocycles. The summed E-state index contributed by atoms with van der Waals surface area (Å²) in [6.45, 7) is 0.762. The fourth-order valence-electron chi connectivity index (χ4n) is 2.43. The smallest absolute Gasteiger partial charge is 0.323 e. The number of aliphatic hydroxyl groups is 1. The summed E-state index contributed by atoms with van der Waals surface area (Å²) >= 11 is 3.30. The largest absolute Gasteiger partial charge is 0.468 e. The third-order valence-corrected chi connectivity index (χ3v) is 4.21. The standard InChI is InChI=1S/C13H15BrN2O5/c1-21-13(18)12-5-10(17)7-15(12)6-8-2-3-9(16(19)20)4-11(8)14/h2-4,10,12,17H,5-7H2,1H3. The van der Waals surface area contributed by atoms with Gasteiger partial charge >= 0.3 is 5.97 Å². The number of nitro groups is 1. The van der Waals surface area contributed by atoms with E-state index in [-0.39, 0.29) is 11.7 Å². The van der Waals surface area contributed by atoms with Gasteiger partial charge in [0, 0.05) is 36.1 Å². The molecule has 1 saturated heterocycles. The van der Waals surface area contributed by atoms with Crippen LogP contribution in [0, 0.1) is 10.1 Å². The van der Waals surface area contributed by atoms with Gasteiger partial charge in [0.1, 0.15) is 6.04 Å². The van der Waals surface area contributed by atoms with Crippen LogP contribution in [0.1, 0.15) is 12.0 Å². The number of likely N-dealkylation sites (tertiary alicyclic amines) is 1. The molecule has 2 unspecified atom stereocenters. The van der Waals surface area contributed by atoms with Crippen molar-refractivity contribution >= 4 is 27.6 Å². The zero-order valence-corrected chi connectivity index (χ0v) is 12.9. The van der Waals surface area contributed by atoms with E-state index in [9.17, 15) is 20.0 Å². The molecule has 1 aromatic rings. The molecule has 0 radical (unpaired) electrons. The molecular formula is C13H15BrN2O5. The SMILES string of the molecule is COC(=O)C1CC(O)CN1Cc1ccc([N+](=O)[O-])cc1Br. The van der Waals surface area contributed by atoms with Crippen LogP contribution in [0.15, 0.2) is 22.7 Å². The predicted molar refractivity (Wildman–Crippen MR) is 77.6 cm³/mol. The Morgan fingerprint density at radius 1 is 1.62 bits per heavy atom. The fourth-order valence-corrected chi connectivity index (χ4v) is 2.92. The van der Waals surface area contributed by atoms with Crippen molar-refractivity contribution in [1.82, 2.24) is 4.90 Å². The molecular weight excluding hydrogens is 344 g/mol. The Hall–Kier alpha value is -1.51. The molecule has 7 nitrogen and oxygen atoms in total. The fraction of sp³-hybridized carbons (Fsp3) is 0.462. The number of halogens is 1. The molecule has 1 aliphatic heterocycles. The Morgan fingerprint density at radius 2 is 2.33 bits per heavy atom. The predicted octanol–water partition coefficient (Wildman–Crippen LogP) is 1.47. The monoisotopic (exact) mass is 358 g/mol. The van der Waals surface area contributed by atoms with E-state index >= 15 is 0 Å². The average molecular weight is 359 g/mol. The van der Waals surface area contributed by atoms with Crippen molar-refractivity contribution in [3.63, 3.8) is 0 Å². The van der Waals surface area contributed by atoms with Crippen LogP contribution in [0.5, 0.6) is 0 Å². The van der Waals surface area contributed by atoms with E-state index in [2.05, 4.69) is 15.9 Å². The number of aliphatic hydroxyl groups excluding tert-OH is 1. The Morgan fingerprint density at radius 3 is 2.90 bits per heavy atom. The zero-order chi connectivity index (χ0) is 15.6. The number of carbonyl (C=O) groups excluding carboxylic acids is 1. The average Bonchev–Trinajstić information content (AvgIpc) is 2.80. The van der Waals surface area contributed by atoms with Gasteiger partial charge < -0.3 is 9.84 Å². The molecule has 0 spiro atoms. The summed E-state index contributed by atoms with van der Waals surface area (Å²) < 4.78 is 5.34. The number of benzene rings is 1. The van der Waals surface area contributed by atoms with Crippen LogP contribution in [0.25, 0.3) is 0 Å². The molecule has 0 amide bonds. The Labute approximate surface area is 129 Å². The molecule has 2 atom stereocenters. The lowest BCUT2D eigenvalue weighted by molar-refractivity contribution is -0.384. The molecule has 2 rings (SSSR count). The lowest BCUT2D eigenvalue weighted by Gasteiger charge is -2.22. The quantitative estimate of drug-likeness (QED) is 0.497. The van der Waals surface area contributed by atoms with Gasteiger partial charge in [0.05, 0.1) is 18.1 Å². The van der Waals surface area contributed by atoms with Gasteiger partial charge in [-0.05, 0) is 11.6 Å². The third-order valence-electron chi connectivity index (χ3n) is 3.48. The van der Waals surface area contributed by atoms with E-state index in [4.69, 9.17) is 4.74 Å². The molecule has 21 heavy (non-hydrogen) atoms. The molecule has 0 aromatic heterocycles. The molecule has 114 valence electrons. The van der Waals surface area contributed by atoms with Crippen molar-refractivity contribution in [2.45, 2.75) is 25.1 Å². The van der Waals surface area contributed by atoms with Gasteiger partial charge in [-0.2, -0.15) is 0 Å². The van der Waals surface area contributed by atoms with E-state index in [1.807, 2.05) is 4.90 Å². The van der Waals surface area contributed by atoms with Gasteiger partial charge in [0.2, 0.25) is 0 Å². The lowest BCUT2D eigenvalue weighted by Crippen LogP contribution is -2.36. The summed E-state index contributed by atoms with van der Waals surface area (Å²) in [5.74, 6) is -0.385. The minimum Gasteiger partial charge on any atom is -0.468 e. The highest BCUT2D eigenvalue weighted by molar-refractivity contribution is 9.10. The molecule has 1 aliphatic rings. The van der Waals surface area contributed by atoms with E-state index in [1.165, 1.54) is 19.2 Å². The number of β-amino-alcohol motifs (C(OH)–C–C–N with tert-alkyl or cyclic N) is 1. The molecule has 1 aromatic carbocycles. The molecule has 1 N–H and O–H groups in total. The maximum Gasteiger partial charge on any atom is 0.323 e. The van der Waals surface area contributed by atoms with E-state index in [1.54, 1.807) is 6.07 Å². The summed E-state index contributed by atoms with van der Waals surface area (Å²) in [6, 6.07) is 3.99. The first-order valence-corrected chi connectivity index (χ1v) is 7.14. The normalized spacial score (nSPS) is 22.2. The second kappa shape index (κ2) is 6.50. The summed E-state index contributed by atoms with van der Waals surface area (Å²) in [7, 11) is 1.31. The number of ether oxygens (including phenoxy) is 1. The van der Waals surface area contributed by atoms with Gasteiger partial charge in [0.15, 0.2) is 0 Å². The minimum atomic E-state index is -0.578. The van der Waals surface area contributed by atoms with Gasteiger partial charge in [0.25, 0.3) is 5.69 Å². The number of carbonyl (C=O) groups is 1. The van der Waals surface area contributed by atoms with Crippen LogP contribution in [0.3, 0.4) is 0 Å². The van der Waals surface area contributed by atoms with E-state index < -0.39 is 17.1 Å². The van der Waals surface area contributed by atoms with Crippen molar-refractivity contribution in [2.24, 2.45) is 0 Å². The molecule has 8 heteroatoms. The molecule has 0 saturated carbocycles. The molecule has 1 fully saturated rings. The maximum absolute atomic E-state index is 11.7. The van der Waals surface area contributed by atoms with Crippen molar-refractivity contribution in [1.29, 1.82) is 0 Å². The highest BCUT2D eigenvalue weighted by atomic mass is 79.9. The Balaban J connectivity index is 2.17. The number of rotatable bonds is 4. The molecule has 0 aliphatic carbocycles. The van der Waals surface area contributed by atoms with Crippen molar-refractivity contribution in [3.8, 4) is 0 Å².